The molecular formula is C23H31N3O2. The van der Waals surface area contributed by atoms with Crippen LogP contribution in [0.3, 0.4) is 0 Å². The smallest absolute Gasteiger partial charge is 0.253 e. The van der Waals surface area contributed by atoms with Crippen molar-refractivity contribution >= 4 is 11.6 Å². The Balaban J connectivity index is 1.42. The van der Waals surface area contributed by atoms with Crippen molar-refractivity contribution in [2.75, 3.05) is 45.2 Å². The zero-order valence-electron chi connectivity index (χ0n) is 17.3. The molecule has 0 radical (unpaired) electrons. The van der Waals surface area contributed by atoms with Crippen LogP contribution in [0.2, 0.25) is 0 Å². The summed E-state index contributed by atoms with van der Waals surface area (Å²) in [4.78, 5) is 19.7. The summed E-state index contributed by atoms with van der Waals surface area (Å²) in [6.07, 6.45) is 3.50. The number of nitrogens with zero attached hydrogens (tertiary/aromatic N) is 3. The summed E-state index contributed by atoms with van der Waals surface area (Å²) in [5, 5.41) is 0. The Morgan fingerprint density at radius 2 is 2.00 bits per heavy atom. The topological polar surface area (TPSA) is 39.9 Å². The maximum atomic E-state index is 13.1. The lowest BCUT2D eigenvalue weighted by Gasteiger charge is -2.40. The maximum absolute atomic E-state index is 13.1. The van der Waals surface area contributed by atoms with E-state index in [1.54, 1.807) is 0 Å². The van der Waals surface area contributed by atoms with Crippen LogP contribution in [0, 0.1) is 12.3 Å². The molecule has 1 unspecified atom stereocenters. The molecule has 4 rings (SSSR count). The number of amides is 1. The first-order valence-corrected chi connectivity index (χ1v) is 10.3. The minimum absolute atomic E-state index is 0.166. The predicted octanol–water partition coefficient (Wildman–Crippen LogP) is 3.78. The zero-order valence-corrected chi connectivity index (χ0v) is 17.3. The number of carbonyl (C=O) groups is 1. The van der Waals surface area contributed by atoms with E-state index in [9.17, 15) is 4.79 Å². The van der Waals surface area contributed by atoms with Gasteiger partial charge in [0.2, 0.25) is 0 Å². The zero-order chi connectivity index (χ0) is 19.7. The SMILES string of the molecule is Cc1ccc(CN2CCCC3(CCN(C(=O)c4cccc(N(C)C)c4)C3)C2)o1. The highest BCUT2D eigenvalue weighted by atomic mass is 16.3. The molecule has 0 saturated carbocycles. The van der Waals surface area contributed by atoms with Gasteiger partial charge in [-0.2, -0.15) is 0 Å². The monoisotopic (exact) mass is 381 g/mol. The Kier molecular flexibility index (Phi) is 5.19. The average molecular weight is 382 g/mol. The summed E-state index contributed by atoms with van der Waals surface area (Å²) in [6, 6.07) is 12.1. The first kappa shape index (κ1) is 19.1. The molecular weight excluding hydrogens is 350 g/mol. The minimum Gasteiger partial charge on any atom is -0.465 e. The number of likely N-dealkylation sites (tertiary alicyclic amines) is 2. The van der Waals surface area contributed by atoms with Crippen molar-refractivity contribution in [1.29, 1.82) is 0 Å². The highest BCUT2D eigenvalue weighted by molar-refractivity contribution is 5.95. The Morgan fingerprint density at radius 3 is 2.75 bits per heavy atom. The van der Waals surface area contributed by atoms with Gasteiger partial charge < -0.3 is 14.2 Å². The number of carbonyl (C=O) groups excluding carboxylic acids is 1. The van der Waals surface area contributed by atoms with Crippen molar-refractivity contribution in [2.24, 2.45) is 5.41 Å². The fourth-order valence-electron chi connectivity index (χ4n) is 4.78. The summed E-state index contributed by atoms with van der Waals surface area (Å²) < 4.78 is 5.77. The molecule has 5 nitrogen and oxygen atoms in total. The van der Waals surface area contributed by atoms with Crippen molar-refractivity contribution in [1.82, 2.24) is 9.80 Å². The van der Waals surface area contributed by atoms with Crippen LogP contribution in [0.15, 0.2) is 40.8 Å². The molecule has 28 heavy (non-hydrogen) atoms. The van der Waals surface area contributed by atoms with Crippen LogP contribution in [0.25, 0.3) is 0 Å². The number of rotatable bonds is 4. The van der Waals surface area contributed by atoms with Crippen molar-refractivity contribution in [3.05, 3.63) is 53.5 Å². The van der Waals surface area contributed by atoms with E-state index in [-0.39, 0.29) is 11.3 Å². The van der Waals surface area contributed by atoms with Crippen molar-refractivity contribution < 1.29 is 9.21 Å². The normalized spacial score (nSPS) is 22.8. The second-order valence-electron chi connectivity index (χ2n) is 8.75. The summed E-state index contributed by atoms with van der Waals surface area (Å²) in [7, 11) is 4.01. The minimum atomic E-state index is 0.166. The maximum Gasteiger partial charge on any atom is 0.253 e. The van der Waals surface area contributed by atoms with Gasteiger partial charge in [-0.05, 0) is 63.1 Å². The van der Waals surface area contributed by atoms with Gasteiger partial charge >= 0.3 is 0 Å². The fourth-order valence-corrected chi connectivity index (χ4v) is 4.78. The van der Waals surface area contributed by atoms with Crippen LogP contribution in [-0.4, -0.2) is 56.0 Å². The number of hydrogen-bond donors (Lipinski definition) is 0. The molecule has 2 saturated heterocycles. The van der Waals surface area contributed by atoms with Gasteiger partial charge in [0, 0.05) is 50.4 Å². The lowest BCUT2D eigenvalue weighted by atomic mass is 9.79. The van der Waals surface area contributed by atoms with E-state index in [0.29, 0.717) is 0 Å². The lowest BCUT2D eigenvalue weighted by Crippen LogP contribution is -2.44. The number of piperidine rings is 1. The number of aryl methyl sites for hydroxylation is 1. The second kappa shape index (κ2) is 7.63. The van der Waals surface area contributed by atoms with Gasteiger partial charge in [0.1, 0.15) is 11.5 Å². The number of furan rings is 1. The van der Waals surface area contributed by atoms with Gasteiger partial charge in [0.05, 0.1) is 6.54 Å². The molecule has 0 N–H and O–H groups in total. The van der Waals surface area contributed by atoms with Gasteiger partial charge in [0.15, 0.2) is 0 Å². The molecule has 2 aromatic rings. The quantitative estimate of drug-likeness (QED) is 0.808. The number of anilines is 1. The highest BCUT2D eigenvalue weighted by Gasteiger charge is 2.43. The predicted molar refractivity (Wildman–Crippen MR) is 112 cm³/mol. The summed E-state index contributed by atoms with van der Waals surface area (Å²) in [6.45, 7) is 6.75. The van der Waals surface area contributed by atoms with Crippen molar-refractivity contribution in [3.63, 3.8) is 0 Å². The molecule has 0 bridgehead atoms. The van der Waals surface area contributed by atoms with Gasteiger partial charge in [-0.3, -0.25) is 9.69 Å². The van der Waals surface area contributed by atoms with E-state index in [4.69, 9.17) is 4.42 Å². The molecule has 1 amide bonds. The van der Waals surface area contributed by atoms with Gasteiger partial charge in [-0.15, -0.1) is 0 Å². The Labute approximate surface area is 167 Å². The Hall–Kier alpha value is -2.27. The summed E-state index contributed by atoms with van der Waals surface area (Å²) >= 11 is 0. The Morgan fingerprint density at radius 1 is 1.14 bits per heavy atom. The van der Waals surface area contributed by atoms with Crippen LogP contribution in [0.1, 0.15) is 41.1 Å². The van der Waals surface area contributed by atoms with E-state index >= 15 is 0 Å². The van der Waals surface area contributed by atoms with Crippen LogP contribution in [0.4, 0.5) is 5.69 Å². The first-order valence-electron chi connectivity index (χ1n) is 10.3. The number of benzene rings is 1. The average Bonchev–Trinajstić information content (AvgIpc) is 3.27. The molecule has 1 atom stereocenters. The highest BCUT2D eigenvalue weighted by Crippen LogP contribution is 2.40. The largest absolute Gasteiger partial charge is 0.465 e. The summed E-state index contributed by atoms with van der Waals surface area (Å²) in [5.74, 6) is 2.18. The summed E-state index contributed by atoms with van der Waals surface area (Å²) in [5.41, 5.74) is 2.09. The van der Waals surface area contributed by atoms with Crippen LogP contribution < -0.4 is 4.90 Å². The van der Waals surface area contributed by atoms with Crippen molar-refractivity contribution in [3.8, 4) is 0 Å². The van der Waals surface area contributed by atoms with E-state index < -0.39 is 0 Å². The molecule has 0 aliphatic carbocycles. The van der Waals surface area contributed by atoms with Crippen LogP contribution >= 0.6 is 0 Å². The number of hydrogen-bond acceptors (Lipinski definition) is 4. The Bertz CT molecular complexity index is 844. The van der Waals surface area contributed by atoms with E-state index in [2.05, 4.69) is 15.9 Å². The molecule has 2 aliphatic rings. The molecule has 150 valence electrons. The molecule has 2 fully saturated rings. The molecule has 2 aliphatic heterocycles. The molecule has 1 spiro atoms. The first-order chi connectivity index (χ1) is 13.4. The molecule has 3 heterocycles. The van der Waals surface area contributed by atoms with Gasteiger partial charge in [-0.1, -0.05) is 6.07 Å². The van der Waals surface area contributed by atoms with Gasteiger partial charge in [-0.25, -0.2) is 0 Å². The molecule has 1 aromatic carbocycles. The van der Waals surface area contributed by atoms with Crippen molar-refractivity contribution in [2.45, 2.75) is 32.7 Å². The van der Waals surface area contributed by atoms with E-state index in [0.717, 1.165) is 61.9 Å². The molecule has 1 aromatic heterocycles. The van der Waals surface area contributed by atoms with E-state index in [1.807, 2.05) is 56.3 Å². The third kappa shape index (κ3) is 3.95. The lowest BCUT2D eigenvalue weighted by molar-refractivity contribution is 0.0658. The molecule has 5 heteroatoms. The third-order valence-electron chi connectivity index (χ3n) is 6.25. The third-order valence-corrected chi connectivity index (χ3v) is 6.25. The van der Waals surface area contributed by atoms with Gasteiger partial charge in [0.25, 0.3) is 5.91 Å². The van der Waals surface area contributed by atoms with E-state index in [1.165, 1.54) is 12.8 Å². The van der Waals surface area contributed by atoms with Crippen LogP contribution in [-0.2, 0) is 6.54 Å². The van der Waals surface area contributed by atoms with Crippen LogP contribution in [0.5, 0.6) is 0 Å². The standard InChI is InChI=1S/C23H31N3O2/c1-18-8-9-21(28-18)15-25-12-5-10-23(16-25)11-13-26(17-23)22(27)19-6-4-7-20(14-19)24(2)3/h4,6-9,14H,5,10-13,15-17H2,1-3H3. The fraction of sp³-hybridized carbons (Fsp3) is 0.522. The second-order valence-corrected chi connectivity index (χ2v) is 8.75.